The summed E-state index contributed by atoms with van der Waals surface area (Å²) in [6, 6.07) is 9.85. The number of sulfonamides is 1. The van der Waals surface area contributed by atoms with E-state index in [-0.39, 0.29) is 53.4 Å². The van der Waals surface area contributed by atoms with Crippen LogP contribution in [0.1, 0.15) is 0 Å². The van der Waals surface area contributed by atoms with Crippen LogP contribution in [0.2, 0.25) is 0 Å². The van der Waals surface area contributed by atoms with Crippen molar-refractivity contribution in [3.63, 3.8) is 0 Å². The summed E-state index contributed by atoms with van der Waals surface area (Å²) in [5.41, 5.74) is 0.374. The zero-order valence-corrected chi connectivity index (χ0v) is 21.8. The van der Waals surface area contributed by atoms with Crippen molar-refractivity contribution >= 4 is 54.4 Å². The van der Waals surface area contributed by atoms with E-state index in [1.54, 1.807) is 17.0 Å². The fourth-order valence-electron chi connectivity index (χ4n) is 3.63. The Morgan fingerprint density at radius 1 is 1.00 bits per heavy atom. The number of halogens is 4. The van der Waals surface area contributed by atoms with Gasteiger partial charge < -0.3 is 20.3 Å². The van der Waals surface area contributed by atoms with Crippen LogP contribution in [-0.4, -0.2) is 64.0 Å². The third-order valence-electron chi connectivity index (χ3n) is 5.37. The van der Waals surface area contributed by atoms with Gasteiger partial charge in [0.25, 0.3) is 0 Å². The molecule has 0 bridgehead atoms. The number of ether oxygens (including phenoxy) is 1. The molecule has 0 amide bonds. The molecule has 39 heavy (non-hydrogen) atoms. The highest BCUT2D eigenvalue weighted by Crippen LogP contribution is 2.36. The van der Waals surface area contributed by atoms with Gasteiger partial charge in [0.1, 0.15) is 0 Å². The molecule has 0 unspecified atom stereocenters. The molecule has 1 aromatic heterocycles. The van der Waals surface area contributed by atoms with Crippen LogP contribution in [0, 0.1) is 5.82 Å². The van der Waals surface area contributed by atoms with E-state index in [2.05, 4.69) is 30.1 Å². The van der Waals surface area contributed by atoms with Crippen LogP contribution in [0.3, 0.4) is 0 Å². The summed E-state index contributed by atoms with van der Waals surface area (Å²) in [4.78, 5) is 9.35. The molecular formula is C22H22F4N6O5S2. The van der Waals surface area contributed by atoms with Gasteiger partial charge in [0.2, 0.25) is 16.0 Å². The molecule has 3 N–H and O–H groups in total. The Hall–Kier alpha value is -3.86. The second kappa shape index (κ2) is 10.7. The maximum Gasteiger partial charge on any atom is 0.573 e. The average Bonchev–Trinajstić information content (AvgIpc) is 2.82. The van der Waals surface area contributed by atoms with E-state index in [4.69, 9.17) is 0 Å². The normalized spacial score (nSPS) is 15.5. The zero-order chi connectivity index (χ0) is 28.4. The summed E-state index contributed by atoms with van der Waals surface area (Å²) in [6.45, 7) is 0.207. The standard InChI is InChI=1S/C22H22F4N6O5S2/c1-38(33,34)31-17-5-3-2-4-16(17)28-20-15(23)13-27-21(30-20)29-18-7-6-14(12-19(18)37-22(24,25)26)32-8-10-39(35,36)11-9-32/h2-7,12-13,31H,8-11H2,1H3,(H2,27,28,29,30). The first kappa shape index (κ1) is 28.2. The Kier molecular flexibility index (Phi) is 7.74. The Labute approximate surface area is 221 Å². The van der Waals surface area contributed by atoms with Crippen LogP contribution in [-0.2, 0) is 19.9 Å². The minimum atomic E-state index is -5.05. The summed E-state index contributed by atoms with van der Waals surface area (Å²) in [7, 11) is -6.86. The SMILES string of the molecule is CS(=O)(=O)Nc1ccccc1Nc1nc(Nc2ccc(N3CCS(=O)(=O)CC3)cc2OC(F)(F)F)ncc1F. The number of nitrogens with zero attached hydrogens (tertiary/aromatic N) is 3. The molecule has 2 aromatic carbocycles. The van der Waals surface area contributed by atoms with Gasteiger partial charge in [-0.15, -0.1) is 13.2 Å². The van der Waals surface area contributed by atoms with E-state index < -0.39 is 37.8 Å². The molecule has 210 valence electrons. The maximum absolute atomic E-state index is 14.5. The fraction of sp³-hybridized carbons (Fsp3) is 0.273. The van der Waals surface area contributed by atoms with Crippen molar-refractivity contribution in [3.8, 4) is 5.75 Å². The summed E-state index contributed by atoms with van der Waals surface area (Å²) in [5.74, 6) is -2.51. The van der Waals surface area contributed by atoms with Crippen LogP contribution in [0.4, 0.5) is 52.1 Å². The van der Waals surface area contributed by atoms with Crippen molar-refractivity contribution in [2.24, 2.45) is 0 Å². The number of nitrogens with one attached hydrogen (secondary N) is 3. The zero-order valence-electron chi connectivity index (χ0n) is 20.2. The van der Waals surface area contributed by atoms with Gasteiger partial charge in [-0.25, -0.2) is 26.2 Å². The summed E-state index contributed by atoms with van der Waals surface area (Å²) >= 11 is 0. The van der Waals surface area contributed by atoms with E-state index in [0.29, 0.717) is 5.69 Å². The van der Waals surface area contributed by atoms with E-state index in [9.17, 15) is 34.4 Å². The molecular weight excluding hydrogens is 568 g/mol. The highest BCUT2D eigenvalue weighted by atomic mass is 32.2. The lowest BCUT2D eigenvalue weighted by molar-refractivity contribution is -0.274. The third-order valence-corrected chi connectivity index (χ3v) is 7.57. The molecule has 0 spiro atoms. The first-order chi connectivity index (χ1) is 18.2. The molecule has 0 atom stereocenters. The van der Waals surface area contributed by atoms with Crippen molar-refractivity contribution in [2.75, 3.05) is 51.1 Å². The van der Waals surface area contributed by atoms with Crippen molar-refractivity contribution in [1.29, 1.82) is 0 Å². The second-order valence-electron chi connectivity index (χ2n) is 8.43. The number of benzene rings is 2. The molecule has 1 aliphatic heterocycles. The highest BCUT2D eigenvalue weighted by Gasteiger charge is 2.33. The van der Waals surface area contributed by atoms with Gasteiger partial charge in [0.05, 0.1) is 41.0 Å². The van der Waals surface area contributed by atoms with Gasteiger partial charge in [-0.3, -0.25) is 4.72 Å². The molecule has 2 heterocycles. The van der Waals surface area contributed by atoms with Crippen LogP contribution in [0.15, 0.2) is 48.7 Å². The second-order valence-corrected chi connectivity index (χ2v) is 12.5. The quantitative estimate of drug-likeness (QED) is 0.333. The van der Waals surface area contributed by atoms with Gasteiger partial charge >= 0.3 is 6.36 Å². The van der Waals surface area contributed by atoms with Crippen LogP contribution >= 0.6 is 0 Å². The Balaban J connectivity index is 1.61. The van der Waals surface area contributed by atoms with E-state index in [0.717, 1.165) is 18.5 Å². The van der Waals surface area contributed by atoms with Crippen molar-refractivity contribution in [2.45, 2.75) is 6.36 Å². The first-order valence-electron chi connectivity index (χ1n) is 11.2. The first-order valence-corrected chi connectivity index (χ1v) is 14.9. The van der Waals surface area contributed by atoms with Gasteiger partial charge in [-0.05, 0) is 24.3 Å². The predicted octanol–water partition coefficient (Wildman–Crippen LogP) is 3.61. The molecule has 1 saturated heterocycles. The molecule has 0 aliphatic carbocycles. The maximum atomic E-state index is 14.5. The van der Waals surface area contributed by atoms with Crippen LogP contribution < -0.4 is 25.0 Å². The lowest BCUT2D eigenvalue weighted by Gasteiger charge is -2.29. The number of para-hydroxylation sites is 2. The molecule has 1 aliphatic rings. The number of alkyl halides is 3. The number of hydrogen-bond donors (Lipinski definition) is 3. The van der Waals surface area contributed by atoms with Crippen LogP contribution in [0.5, 0.6) is 5.75 Å². The Morgan fingerprint density at radius 2 is 1.67 bits per heavy atom. The van der Waals surface area contributed by atoms with E-state index in [1.807, 2.05) is 0 Å². The lowest BCUT2D eigenvalue weighted by Crippen LogP contribution is -2.40. The average molecular weight is 591 g/mol. The fourth-order valence-corrected chi connectivity index (χ4v) is 5.41. The number of rotatable bonds is 8. The molecule has 0 saturated carbocycles. The largest absolute Gasteiger partial charge is 0.573 e. The minimum Gasteiger partial charge on any atom is -0.403 e. The van der Waals surface area contributed by atoms with E-state index >= 15 is 0 Å². The summed E-state index contributed by atoms with van der Waals surface area (Å²) in [6.07, 6.45) is -3.33. The molecule has 17 heteroatoms. The third kappa shape index (κ3) is 7.82. The summed E-state index contributed by atoms with van der Waals surface area (Å²) in [5, 5.41) is 5.21. The van der Waals surface area contributed by atoms with Crippen molar-refractivity contribution < 1.29 is 39.1 Å². The molecule has 1 fully saturated rings. The van der Waals surface area contributed by atoms with Gasteiger partial charge in [0.15, 0.2) is 27.2 Å². The summed E-state index contributed by atoms with van der Waals surface area (Å²) < 4.78 is 107. The van der Waals surface area contributed by atoms with Crippen molar-refractivity contribution in [1.82, 2.24) is 9.97 Å². The smallest absolute Gasteiger partial charge is 0.403 e. The molecule has 0 radical (unpaired) electrons. The number of aromatic nitrogens is 2. The minimum absolute atomic E-state index is 0.104. The van der Waals surface area contributed by atoms with Gasteiger partial charge in [-0.1, -0.05) is 12.1 Å². The van der Waals surface area contributed by atoms with Gasteiger partial charge in [0, 0.05) is 24.8 Å². The Bertz CT molecular complexity index is 1570. The monoisotopic (exact) mass is 590 g/mol. The predicted molar refractivity (Wildman–Crippen MR) is 137 cm³/mol. The van der Waals surface area contributed by atoms with Gasteiger partial charge in [-0.2, -0.15) is 4.98 Å². The Morgan fingerprint density at radius 3 is 2.31 bits per heavy atom. The number of anilines is 6. The van der Waals surface area contributed by atoms with E-state index in [1.165, 1.54) is 24.3 Å². The number of hydrogen-bond acceptors (Lipinski definition) is 10. The number of sulfone groups is 1. The van der Waals surface area contributed by atoms with Crippen LogP contribution in [0.25, 0.3) is 0 Å². The molecule has 4 rings (SSSR count). The van der Waals surface area contributed by atoms with Crippen molar-refractivity contribution in [3.05, 3.63) is 54.5 Å². The topological polar surface area (TPSA) is 143 Å². The molecule has 11 nitrogen and oxygen atoms in total. The molecule has 3 aromatic rings. The lowest BCUT2D eigenvalue weighted by atomic mass is 10.2. The highest BCUT2D eigenvalue weighted by molar-refractivity contribution is 7.92.